The van der Waals surface area contributed by atoms with Crippen LogP contribution in [0.15, 0.2) is 58.5 Å². The van der Waals surface area contributed by atoms with Crippen LogP contribution >= 0.6 is 12.6 Å². The van der Waals surface area contributed by atoms with Crippen LogP contribution in [0.1, 0.15) is 5.69 Å². The molecule has 0 spiro atoms. The third-order valence-electron chi connectivity index (χ3n) is 1.88. The number of rotatable bonds is 2. The topological polar surface area (TPSA) is 25.2 Å². The molecule has 2 aromatic rings. The quantitative estimate of drug-likeness (QED) is 0.603. The van der Waals surface area contributed by atoms with Gasteiger partial charge < -0.3 is 0 Å². The Morgan fingerprint density at radius 1 is 1.07 bits per heavy atom. The van der Waals surface area contributed by atoms with Gasteiger partial charge in [0, 0.05) is 11.1 Å². The van der Waals surface area contributed by atoms with Crippen molar-refractivity contribution in [2.45, 2.75) is 4.90 Å². The molecule has 74 valence electrons. The Morgan fingerprint density at radius 2 is 1.87 bits per heavy atom. The van der Waals surface area contributed by atoms with Crippen molar-refractivity contribution < 1.29 is 0 Å². The van der Waals surface area contributed by atoms with Gasteiger partial charge in [0.1, 0.15) is 0 Å². The van der Waals surface area contributed by atoms with Gasteiger partial charge in [-0.15, -0.1) is 12.6 Å². The second-order valence-corrected chi connectivity index (χ2v) is 3.55. The largest absolute Gasteiger partial charge is 0.255 e. The van der Waals surface area contributed by atoms with E-state index in [0.717, 1.165) is 16.3 Å². The average molecular weight is 214 g/mol. The SMILES string of the molecule is Sc1ccc(N=Cc2ccccn2)cc1. The molecule has 1 aromatic heterocycles. The van der Waals surface area contributed by atoms with E-state index in [2.05, 4.69) is 22.6 Å². The van der Waals surface area contributed by atoms with E-state index in [0.29, 0.717) is 0 Å². The molecule has 2 nitrogen and oxygen atoms in total. The molecule has 1 heterocycles. The average Bonchev–Trinajstić information content (AvgIpc) is 2.30. The van der Waals surface area contributed by atoms with Crippen molar-refractivity contribution in [2.24, 2.45) is 4.99 Å². The summed E-state index contributed by atoms with van der Waals surface area (Å²) in [6.07, 6.45) is 3.49. The van der Waals surface area contributed by atoms with E-state index in [1.54, 1.807) is 12.4 Å². The first-order valence-corrected chi connectivity index (χ1v) is 5.03. The van der Waals surface area contributed by atoms with Crippen molar-refractivity contribution in [2.75, 3.05) is 0 Å². The maximum atomic E-state index is 4.30. The van der Waals surface area contributed by atoms with Crippen LogP contribution in [0.4, 0.5) is 5.69 Å². The molecule has 0 bridgehead atoms. The molecular formula is C12H10N2S. The molecule has 0 saturated carbocycles. The predicted molar refractivity (Wildman–Crippen MR) is 65.2 cm³/mol. The predicted octanol–water partition coefficient (Wildman–Crippen LogP) is 3.12. The van der Waals surface area contributed by atoms with Gasteiger partial charge in [0.25, 0.3) is 0 Å². The number of thiol groups is 1. The van der Waals surface area contributed by atoms with Crippen molar-refractivity contribution in [3.8, 4) is 0 Å². The number of hydrogen-bond acceptors (Lipinski definition) is 3. The van der Waals surface area contributed by atoms with E-state index < -0.39 is 0 Å². The molecule has 0 atom stereocenters. The van der Waals surface area contributed by atoms with Gasteiger partial charge in [-0.3, -0.25) is 9.98 Å². The number of aromatic nitrogens is 1. The summed E-state index contributed by atoms with van der Waals surface area (Å²) in [5, 5.41) is 0. The van der Waals surface area contributed by atoms with Crippen molar-refractivity contribution in [1.29, 1.82) is 0 Å². The van der Waals surface area contributed by atoms with Gasteiger partial charge >= 0.3 is 0 Å². The smallest absolute Gasteiger partial charge is 0.0812 e. The van der Waals surface area contributed by atoms with Crippen LogP contribution in [0.5, 0.6) is 0 Å². The summed E-state index contributed by atoms with van der Waals surface area (Å²) in [6, 6.07) is 13.4. The summed E-state index contributed by atoms with van der Waals surface area (Å²) in [5.41, 5.74) is 1.76. The van der Waals surface area contributed by atoms with E-state index in [9.17, 15) is 0 Å². The van der Waals surface area contributed by atoms with Gasteiger partial charge in [-0.25, -0.2) is 0 Å². The first-order chi connectivity index (χ1) is 7.34. The molecule has 0 aliphatic rings. The van der Waals surface area contributed by atoms with E-state index in [1.807, 2.05) is 42.5 Å². The molecule has 0 fully saturated rings. The lowest BCUT2D eigenvalue weighted by molar-refractivity contribution is 1.30. The molecule has 0 aliphatic heterocycles. The maximum absolute atomic E-state index is 4.30. The Hall–Kier alpha value is -1.61. The first kappa shape index (κ1) is 9.93. The lowest BCUT2D eigenvalue weighted by Gasteiger charge is -1.94. The van der Waals surface area contributed by atoms with E-state index in [1.165, 1.54) is 0 Å². The molecule has 15 heavy (non-hydrogen) atoms. The minimum absolute atomic E-state index is 0.854. The fraction of sp³-hybridized carbons (Fsp3) is 0. The monoisotopic (exact) mass is 214 g/mol. The van der Waals surface area contributed by atoms with Gasteiger partial charge in [0.15, 0.2) is 0 Å². The number of benzene rings is 1. The van der Waals surface area contributed by atoms with Crippen molar-refractivity contribution in [3.63, 3.8) is 0 Å². The molecule has 2 rings (SSSR count). The lowest BCUT2D eigenvalue weighted by Crippen LogP contribution is -1.83. The van der Waals surface area contributed by atoms with E-state index in [-0.39, 0.29) is 0 Å². The summed E-state index contributed by atoms with van der Waals surface area (Å²) in [7, 11) is 0. The van der Waals surface area contributed by atoms with Crippen molar-refractivity contribution in [1.82, 2.24) is 4.98 Å². The van der Waals surface area contributed by atoms with Gasteiger partial charge in [-0.1, -0.05) is 6.07 Å². The Labute approximate surface area is 94.1 Å². The van der Waals surface area contributed by atoms with Crippen LogP contribution in [-0.2, 0) is 0 Å². The van der Waals surface area contributed by atoms with Crippen LogP contribution in [0.2, 0.25) is 0 Å². The highest BCUT2D eigenvalue weighted by molar-refractivity contribution is 7.80. The molecular weight excluding hydrogens is 204 g/mol. The zero-order chi connectivity index (χ0) is 10.5. The molecule has 0 N–H and O–H groups in total. The molecule has 0 aliphatic carbocycles. The first-order valence-electron chi connectivity index (χ1n) is 4.59. The zero-order valence-corrected chi connectivity index (χ0v) is 8.93. The fourth-order valence-electron chi connectivity index (χ4n) is 1.13. The highest BCUT2D eigenvalue weighted by atomic mass is 32.1. The van der Waals surface area contributed by atoms with Gasteiger partial charge in [0.2, 0.25) is 0 Å². The van der Waals surface area contributed by atoms with Crippen LogP contribution in [0, 0.1) is 0 Å². The van der Waals surface area contributed by atoms with Crippen LogP contribution in [0.25, 0.3) is 0 Å². The fourth-order valence-corrected chi connectivity index (χ4v) is 1.28. The molecule has 0 amide bonds. The number of pyridine rings is 1. The minimum atomic E-state index is 0.854. The standard InChI is InChI=1S/C12H10N2S/c15-12-6-4-10(5-7-12)14-9-11-3-1-2-8-13-11/h1-9,15H. The lowest BCUT2D eigenvalue weighted by atomic mass is 10.3. The Kier molecular flexibility index (Phi) is 3.15. The third kappa shape index (κ3) is 2.92. The minimum Gasteiger partial charge on any atom is -0.255 e. The number of nitrogens with zero attached hydrogens (tertiary/aromatic N) is 2. The zero-order valence-electron chi connectivity index (χ0n) is 8.04. The van der Waals surface area contributed by atoms with E-state index >= 15 is 0 Å². The second kappa shape index (κ2) is 4.75. The molecule has 0 unspecified atom stereocenters. The molecule has 0 radical (unpaired) electrons. The summed E-state index contributed by atoms with van der Waals surface area (Å²) in [4.78, 5) is 9.38. The molecule has 0 saturated heterocycles. The third-order valence-corrected chi connectivity index (χ3v) is 2.18. The normalized spacial score (nSPS) is 10.7. The molecule has 3 heteroatoms. The maximum Gasteiger partial charge on any atom is 0.0812 e. The van der Waals surface area contributed by atoms with Crippen molar-refractivity contribution in [3.05, 3.63) is 54.4 Å². The summed E-state index contributed by atoms with van der Waals surface area (Å²) < 4.78 is 0. The Morgan fingerprint density at radius 3 is 2.53 bits per heavy atom. The van der Waals surface area contributed by atoms with Crippen LogP contribution in [0.3, 0.4) is 0 Å². The summed E-state index contributed by atoms with van der Waals surface area (Å²) in [6.45, 7) is 0. The van der Waals surface area contributed by atoms with Gasteiger partial charge in [-0.2, -0.15) is 0 Å². The van der Waals surface area contributed by atoms with E-state index in [4.69, 9.17) is 0 Å². The Balaban J connectivity index is 2.15. The summed E-state index contributed by atoms with van der Waals surface area (Å²) in [5.74, 6) is 0. The second-order valence-electron chi connectivity index (χ2n) is 3.03. The number of aliphatic imine (C=N–C) groups is 1. The number of hydrogen-bond donors (Lipinski definition) is 1. The van der Waals surface area contributed by atoms with Crippen LogP contribution < -0.4 is 0 Å². The van der Waals surface area contributed by atoms with Gasteiger partial charge in [-0.05, 0) is 36.4 Å². The van der Waals surface area contributed by atoms with Gasteiger partial charge in [0.05, 0.1) is 17.6 Å². The Bertz CT molecular complexity index is 449. The van der Waals surface area contributed by atoms with Crippen LogP contribution in [-0.4, -0.2) is 11.2 Å². The molecule has 1 aromatic carbocycles. The highest BCUT2D eigenvalue weighted by Crippen LogP contribution is 2.14. The highest BCUT2D eigenvalue weighted by Gasteiger charge is 1.89. The summed E-state index contributed by atoms with van der Waals surface area (Å²) >= 11 is 4.21. The van der Waals surface area contributed by atoms with Crippen molar-refractivity contribution >= 4 is 24.5 Å².